The molecule has 2 saturated heterocycles. The first-order valence-electron chi connectivity index (χ1n) is 12.9. The van der Waals surface area contributed by atoms with Crippen molar-refractivity contribution in [3.05, 3.63) is 70.3 Å². The molecule has 4 aliphatic rings. The lowest BCUT2D eigenvalue weighted by Gasteiger charge is -2.42. The third-order valence-corrected chi connectivity index (χ3v) is 8.73. The molecule has 1 unspecified atom stereocenters. The Hall–Kier alpha value is -3.24. The minimum absolute atomic E-state index is 0.187. The van der Waals surface area contributed by atoms with Crippen LogP contribution in [0.5, 0.6) is 0 Å². The second-order valence-corrected chi connectivity index (χ2v) is 10.9. The zero-order valence-corrected chi connectivity index (χ0v) is 20.7. The first-order valence-corrected chi connectivity index (χ1v) is 12.9. The van der Waals surface area contributed by atoms with E-state index in [1.165, 1.54) is 4.90 Å². The van der Waals surface area contributed by atoms with Crippen LogP contribution in [0.1, 0.15) is 71.1 Å². The molecule has 3 amide bonds. The fraction of sp³-hybridized carbons (Fsp3) is 0.464. The van der Waals surface area contributed by atoms with Crippen LogP contribution in [0.25, 0.3) is 0 Å². The Morgan fingerprint density at radius 3 is 2.18 bits per heavy atom. The molecule has 2 N–H and O–H groups in total. The number of benzene rings is 2. The van der Waals surface area contributed by atoms with Gasteiger partial charge in [-0.3, -0.25) is 24.6 Å². The van der Waals surface area contributed by atoms with E-state index in [9.17, 15) is 32.7 Å². The predicted octanol–water partition coefficient (Wildman–Crippen LogP) is 3.44. The third-order valence-electron chi connectivity index (χ3n) is 8.73. The number of hydrogen-bond donors (Lipinski definition) is 2. The number of aliphatic hydroxyl groups is 1. The predicted molar refractivity (Wildman–Crippen MR) is 130 cm³/mol. The van der Waals surface area contributed by atoms with Gasteiger partial charge in [0.15, 0.2) is 0 Å². The highest BCUT2D eigenvalue weighted by atomic mass is 19.4. The van der Waals surface area contributed by atoms with Crippen LogP contribution in [0, 0.1) is 0 Å². The number of rotatable bonds is 4. The summed E-state index contributed by atoms with van der Waals surface area (Å²) in [6.07, 6.45) is -1.24. The van der Waals surface area contributed by atoms with Crippen molar-refractivity contribution in [2.75, 3.05) is 13.1 Å². The van der Waals surface area contributed by atoms with Crippen LogP contribution < -0.4 is 5.32 Å². The van der Waals surface area contributed by atoms with Crippen molar-refractivity contribution in [3.8, 4) is 0 Å². The van der Waals surface area contributed by atoms with E-state index in [1.807, 2.05) is 6.07 Å². The van der Waals surface area contributed by atoms with Crippen molar-refractivity contribution >= 4 is 17.7 Å². The Morgan fingerprint density at radius 1 is 0.921 bits per heavy atom. The van der Waals surface area contributed by atoms with E-state index in [0.717, 1.165) is 36.1 Å². The standard InChI is InChI=1S/C28H28F3N3O4/c29-28(30,31)19-3-1-18(2-4-19)26(9-10-26)33-13-11-27(38,12-14-33)20-5-6-21-17(15-20)16-34(25(21)37)22-7-8-23(35)32-24(22)36/h1-6,15,22,38H,7-14,16H2,(H,32,35,36). The maximum absolute atomic E-state index is 13.0. The van der Waals surface area contributed by atoms with Crippen LogP contribution in [0.4, 0.5) is 13.2 Å². The van der Waals surface area contributed by atoms with Gasteiger partial charge in [-0.2, -0.15) is 13.2 Å². The van der Waals surface area contributed by atoms with Crippen molar-refractivity contribution < 1.29 is 32.7 Å². The van der Waals surface area contributed by atoms with Crippen molar-refractivity contribution in [2.45, 2.75) is 68.4 Å². The molecule has 38 heavy (non-hydrogen) atoms. The Kier molecular flexibility index (Phi) is 5.70. The van der Waals surface area contributed by atoms with Crippen LogP contribution in [0.2, 0.25) is 0 Å². The van der Waals surface area contributed by atoms with Gasteiger partial charge < -0.3 is 10.0 Å². The van der Waals surface area contributed by atoms with E-state index in [1.54, 1.807) is 24.3 Å². The topological polar surface area (TPSA) is 90.0 Å². The molecule has 0 spiro atoms. The highest BCUT2D eigenvalue weighted by molar-refractivity contribution is 6.05. The largest absolute Gasteiger partial charge is 0.416 e. The fourth-order valence-electron chi connectivity index (χ4n) is 6.33. The lowest BCUT2D eigenvalue weighted by Crippen LogP contribution is -2.52. The number of imide groups is 1. The smallest absolute Gasteiger partial charge is 0.385 e. The Balaban J connectivity index is 1.15. The number of carbonyl (C=O) groups excluding carboxylic acids is 3. The SMILES string of the molecule is O=C1CCC(N2Cc3cc(C4(O)CCN(C5(c6ccc(C(F)(F)F)cc6)CC5)CC4)ccc3C2=O)C(=O)N1. The highest BCUT2D eigenvalue weighted by Gasteiger charge is 2.52. The molecule has 7 nitrogen and oxygen atoms in total. The number of fused-ring (bicyclic) bond motifs is 1. The highest BCUT2D eigenvalue weighted by Crippen LogP contribution is 2.53. The summed E-state index contributed by atoms with van der Waals surface area (Å²) < 4.78 is 39.0. The average Bonchev–Trinajstić information content (AvgIpc) is 3.63. The number of carbonyl (C=O) groups is 3. The number of hydrogen-bond acceptors (Lipinski definition) is 5. The van der Waals surface area contributed by atoms with Gasteiger partial charge in [-0.05, 0) is 67.0 Å². The maximum atomic E-state index is 13.0. The van der Waals surface area contributed by atoms with Crippen LogP contribution in [0.3, 0.4) is 0 Å². The molecule has 1 aliphatic carbocycles. The summed E-state index contributed by atoms with van der Waals surface area (Å²) in [5.74, 6) is -1.05. The normalized spacial score (nSPS) is 24.8. The quantitative estimate of drug-likeness (QED) is 0.595. The van der Waals surface area contributed by atoms with Gasteiger partial charge >= 0.3 is 6.18 Å². The van der Waals surface area contributed by atoms with Crippen LogP contribution in [-0.2, 0) is 33.5 Å². The lowest BCUT2D eigenvalue weighted by atomic mass is 9.82. The summed E-state index contributed by atoms with van der Waals surface area (Å²) in [6, 6.07) is 10.0. The summed E-state index contributed by atoms with van der Waals surface area (Å²) in [4.78, 5) is 40.6. The van der Waals surface area contributed by atoms with Gasteiger partial charge in [0, 0.05) is 37.2 Å². The van der Waals surface area contributed by atoms with Crippen LogP contribution in [0.15, 0.2) is 42.5 Å². The minimum Gasteiger partial charge on any atom is -0.385 e. The summed E-state index contributed by atoms with van der Waals surface area (Å²) >= 11 is 0. The van der Waals surface area contributed by atoms with E-state index in [0.29, 0.717) is 37.1 Å². The molecule has 3 heterocycles. The van der Waals surface area contributed by atoms with E-state index in [-0.39, 0.29) is 36.7 Å². The summed E-state index contributed by atoms with van der Waals surface area (Å²) in [5.41, 5.74) is 0.811. The maximum Gasteiger partial charge on any atom is 0.416 e. The molecule has 10 heteroatoms. The Labute approximate surface area is 217 Å². The van der Waals surface area contributed by atoms with Gasteiger partial charge in [0.05, 0.1) is 11.2 Å². The van der Waals surface area contributed by atoms with Gasteiger partial charge in [0.1, 0.15) is 6.04 Å². The van der Waals surface area contributed by atoms with Gasteiger partial charge in [0.2, 0.25) is 11.8 Å². The second-order valence-electron chi connectivity index (χ2n) is 10.9. The minimum atomic E-state index is -4.36. The molecule has 3 fully saturated rings. The fourth-order valence-corrected chi connectivity index (χ4v) is 6.33. The van der Waals surface area contributed by atoms with Crippen LogP contribution in [-0.4, -0.2) is 51.8 Å². The molecule has 6 rings (SSSR count). The van der Waals surface area contributed by atoms with Crippen molar-refractivity contribution in [1.82, 2.24) is 15.1 Å². The number of alkyl halides is 3. The zero-order chi connectivity index (χ0) is 26.9. The number of piperidine rings is 2. The van der Waals surface area contributed by atoms with Gasteiger partial charge in [-0.25, -0.2) is 0 Å². The molecule has 3 aliphatic heterocycles. The van der Waals surface area contributed by atoms with Crippen molar-refractivity contribution in [2.24, 2.45) is 0 Å². The number of amides is 3. The Morgan fingerprint density at radius 2 is 1.58 bits per heavy atom. The number of likely N-dealkylation sites (tertiary alicyclic amines) is 1. The summed E-state index contributed by atoms with van der Waals surface area (Å²) in [5, 5.41) is 13.9. The third kappa shape index (κ3) is 4.10. The summed E-state index contributed by atoms with van der Waals surface area (Å²) in [7, 11) is 0. The number of halogens is 3. The van der Waals surface area contributed by atoms with E-state index >= 15 is 0 Å². The van der Waals surface area contributed by atoms with E-state index in [2.05, 4.69) is 10.2 Å². The molecule has 0 aromatic heterocycles. The lowest BCUT2D eigenvalue weighted by molar-refractivity contribution is -0.138. The first-order chi connectivity index (χ1) is 18.0. The molecular formula is C28H28F3N3O4. The van der Waals surface area contributed by atoms with E-state index < -0.39 is 29.3 Å². The van der Waals surface area contributed by atoms with Gasteiger partial charge in [-0.1, -0.05) is 24.3 Å². The molecule has 0 bridgehead atoms. The van der Waals surface area contributed by atoms with E-state index in [4.69, 9.17) is 0 Å². The van der Waals surface area contributed by atoms with Crippen LogP contribution >= 0.6 is 0 Å². The molecule has 2 aromatic carbocycles. The molecule has 1 saturated carbocycles. The van der Waals surface area contributed by atoms with Crippen molar-refractivity contribution in [3.63, 3.8) is 0 Å². The number of nitrogens with zero attached hydrogens (tertiary/aromatic N) is 2. The molecule has 1 atom stereocenters. The Bertz CT molecular complexity index is 1310. The van der Waals surface area contributed by atoms with Gasteiger partial charge in [0.25, 0.3) is 5.91 Å². The zero-order valence-electron chi connectivity index (χ0n) is 20.7. The molecule has 2 aromatic rings. The summed E-state index contributed by atoms with van der Waals surface area (Å²) in [6.45, 7) is 1.43. The molecule has 0 radical (unpaired) electrons. The number of nitrogens with one attached hydrogen (secondary N) is 1. The average molecular weight is 528 g/mol. The molecular weight excluding hydrogens is 499 g/mol. The second kappa shape index (κ2) is 8.64. The van der Waals surface area contributed by atoms with Crippen molar-refractivity contribution in [1.29, 1.82) is 0 Å². The monoisotopic (exact) mass is 527 g/mol. The van der Waals surface area contributed by atoms with Gasteiger partial charge in [-0.15, -0.1) is 0 Å². The first kappa shape index (κ1) is 25.1. The molecule has 200 valence electrons.